The molecule has 0 saturated carbocycles. The monoisotopic (exact) mass is 229 g/mol. The molecule has 0 radical (unpaired) electrons. The molecule has 0 amide bonds. The van der Waals surface area contributed by atoms with Gasteiger partial charge in [0.1, 0.15) is 0 Å². The van der Waals surface area contributed by atoms with Crippen LogP contribution in [0.4, 0.5) is 0 Å². The Labute approximate surface area is 94.4 Å². The molecule has 0 bridgehead atoms. The first kappa shape index (κ1) is 10.3. The van der Waals surface area contributed by atoms with Crippen molar-refractivity contribution in [1.29, 1.82) is 0 Å². The highest BCUT2D eigenvalue weighted by Gasteiger charge is 2.32. The van der Waals surface area contributed by atoms with Gasteiger partial charge in [-0.1, -0.05) is 42.3 Å². The topological polar surface area (TPSA) is 12.0 Å². The molecule has 1 nitrogen and oxygen atoms in total. The molecule has 1 saturated heterocycles. The molecule has 0 unspecified atom stereocenters. The molecule has 1 heterocycles. The Bertz CT molecular complexity index is 345. The number of halogens is 2. The van der Waals surface area contributed by atoms with Gasteiger partial charge in [0, 0.05) is 13.1 Å². The van der Waals surface area contributed by atoms with Gasteiger partial charge in [0.15, 0.2) is 0 Å². The largest absolute Gasteiger partial charge is 0.316 e. The Morgan fingerprint density at radius 2 is 2.07 bits per heavy atom. The molecule has 1 fully saturated rings. The summed E-state index contributed by atoms with van der Waals surface area (Å²) < 4.78 is 0. The van der Waals surface area contributed by atoms with Crippen LogP contribution >= 0.6 is 23.2 Å². The normalized spacial score (nSPS) is 19.1. The van der Waals surface area contributed by atoms with E-state index in [4.69, 9.17) is 23.2 Å². The van der Waals surface area contributed by atoms with Crippen LogP contribution in [-0.4, -0.2) is 13.1 Å². The number of hydrogen-bond acceptors (Lipinski definition) is 1. The maximum absolute atomic E-state index is 6.13. The Kier molecular flexibility index (Phi) is 2.74. The van der Waals surface area contributed by atoms with Gasteiger partial charge in [0.2, 0.25) is 0 Å². The van der Waals surface area contributed by atoms with E-state index >= 15 is 0 Å². The van der Waals surface area contributed by atoms with E-state index in [-0.39, 0.29) is 0 Å². The quantitative estimate of drug-likeness (QED) is 0.822. The van der Waals surface area contributed by atoms with Crippen LogP contribution in [0.3, 0.4) is 0 Å². The fourth-order valence-electron chi connectivity index (χ4n) is 1.82. The van der Waals surface area contributed by atoms with E-state index in [0.717, 1.165) is 25.1 Å². The zero-order valence-electron chi connectivity index (χ0n) is 8.11. The maximum atomic E-state index is 6.13. The van der Waals surface area contributed by atoms with Crippen LogP contribution in [0.5, 0.6) is 0 Å². The van der Waals surface area contributed by atoms with Crippen molar-refractivity contribution in [3.05, 3.63) is 33.8 Å². The minimum atomic E-state index is 0.355. The summed E-state index contributed by atoms with van der Waals surface area (Å²) in [5.74, 6) is 0. The second kappa shape index (κ2) is 3.73. The zero-order valence-corrected chi connectivity index (χ0v) is 9.62. The van der Waals surface area contributed by atoms with E-state index in [0.29, 0.717) is 15.5 Å². The van der Waals surface area contributed by atoms with Crippen molar-refractivity contribution < 1.29 is 0 Å². The van der Waals surface area contributed by atoms with E-state index in [9.17, 15) is 0 Å². The van der Waals surface area contributed by atoms with Crippen molar-refractivity contribution in [3.8, 4) is 0 Å². The first-order valence-corrected chi connectivity index (χ1v) is 5.50. The molecule has 0 atom stereocenters. The molecule has 1 aliphatic heterocycles. The number of nitrogens with one attached hydrogen (secondary N) is 1. The molecular formula is C11H13Cl2N. The first-order valence-electron chi connectivity index (χ1n) is 4.74. The lowest BCUT2D eigenvalue weighted by Crippen LogP contribution is -2.52. The molecule has 14 heavy (non-hydrogen) atoms. The molecule has 0 aliphatic carbocycles. The average Bonchev–Trinajstić information content (AvgIpc) is 2.10. The summed E-state index contributed by atoms with van der Waals surface area (Å²) in [5, 5.41) is 4.64. The summed E-state index contributed by atoms with van der Waals surface area (Å²) in [6, 6.07) is 5.84. The van der Waals surface area contributed by atoms with Crippen LogP contribution in [0.25, 0.3) is 0 Å². The average molecular weight is 230 g/mol. The highest BCUT2D eigenvalue weighted by Crippen LogP contribution is 2.33. The molecule has 1 N–H and O–H groups in total. The van der Waals surface area contributed by atoms with E-state index < -0.39 is 0 Å². The van der Waals surface area contributed by atoms with Gasteiger partial charge >= 0.3 is 0 Å². The molecule has 1 aromatic carbocycles. The fourth-order valence-corrected chi connectivity index (χ4v) is 2.21. The Balaban J connectivity index is 2.20. The van der Waals surface area contributed by atoms with Crippen LogP contribution in [-0.2, 0) is 6.42 Å². The summed E-state index contributed by atoms with van der Waals surface area (Å²) in [5.41, 5.74) is 1.51. The molecule has 1 aliphatic rings. The van der Waals surface area contributed by atoms with E-state index in [1.807, 2.05) is 12.1 Å². The molecule has 76 valence electrons. The highest BCUT2D eigenvalue weighted by atomic mass is 35.5. The molecule has 0 aromatic heterocycles. The van der Waals surface area contributed by atoms with Crippen molar-refractivity contribution in [2.75, 3.05) is 13.1 Å². The van der Waals surface area contributed by atoms with E-state index in [1.54, 1.807) is 0 Å². The summed E-state index contributed by atoms with van der Waals surface area (Å²) in [6.45, 7) is 4.40. The number of benzene rings is 1. The number of rotatable bonds is 2. The smallest absolute Gasteiger partial charge is 0.0624 e. The lowest BCUT2D eigenvalue weighted by molar-refractivity contribution is 0.195. The molecular weight excluding hydrogens is 217 g/mol. The van der Waals surface area contributed by atoms with Crippen LogP contribution < -0.4 is 5.32 Å². The van der Waals surface area contributed by atoms with E-state index in [2.05, 4.69) is 18.3 Å². The molecule has 1 aromatic rings. The van der Waals surface area contributed by atoms with Crippen molar-refractivity contribution >= 4 is 23.2 Å². The van der Waals surface area contributed by atoms with Gasteiger partial charge in [0.05, 0.1) is 10.0 Å². The van der Waals surface area contributed by atoms with Crippen molar-refractivity contribution in [2.24, 2.45) is 5.41 Å². The number of hydrogen-bond donors (Lipinski definition) is 1. The Morgan fingerprint density at radius 1 is 1.36 bits per heavy atom. The summed E-state index contributed by atoms with van der Waals surface area (Å²) in [6.07, 6.45) is 0.999. The second-order valence-corrected chi connectivity index (χ2v) is 5.09. The summed E-state index contributed by atoms with van der Waals surface area (Å²) >= 11 is 12.1. The van der Waals surface area contributed by atoms with Crippen LogP contribution in [0.1, 0.15) is 12.5 Å². The van der Waals surface area contributed by atoms with Crippen molar-refractivity contribution in [1.82, 2.24) is 5.32 Å². The van der Waals surface area contributed by atoms with Crippen molar-refractivity contribution in [2.45, 2.75) is 13.3 Å². The Hall–Kier alpha value is -0.240. The standard InChI is InChI=1S/C11H13Cl2N/c1-11(6-14-7-11)5-8-3-2-4-9(12)10(8)13/h2-4,14H,5-7H2,1H3. The van der Waals surface area contributed by atoms with Gasteiger partial charge in [-0.15, -0.1) is 0 Å². The SMILES string of the molecule is CC1(Cc2cccc(Cl)c2Cl)CNC1. The van der Waals surface area contributed by atoms with Crippen LogP contribution in [0.2, 0.25) is 10.0 Å². The van der Waals surface area contributed by atoms with Gasteiger partial charge in [-0.05, 0) is 23.5 Å². The predicted octanol–water partition coefficient (Wildman–Crippen LogP) is 3.15. The molecule has 2 rings (SSSR count). The van der Waals surface area contributed by atoms with Gasteiger partial charge in [0.25, 0.3) is 0 Å². The van der Waals surface area contributed by atoms with Gasteiger partial charge in [-0.25, -0.2) is 0 Å². The summed E-state index contributed by atoms with van der Waals surface area (Å²) in [7, 11) is 0. The second-order valence-electron chi connectivity index (χ2n) is 4.30. The minimum absolute atomic E-state index is 0.355. The third-order valence-electron chi connectivity index (χ3n) is 2.75. The lowest BCUT2D eigenvalue weighted by Gasteiger charge is -2.39. The van der Waals surface area contributed by atoms with Gasteiger partial charge in [-0.3, -0.25) is 0 Å². The minimum Gasteiger partial charge on any atom is -0.316 e. The lowest BCUT2D eigenvalue weighted by atomic mass is 9.78. The summed E-state index contributed by atoms with van der Waals surface area (Å²) in [4.78, 5) is 0. The predicted molar refractivity (Wildman–Crippen MR) is 61.1 cm³/mol. The van der Waals surface area contributed by atoms with Crippen LogP contribution in [0, 0.1) is 5.41 Å². The zero-order chi connectivity index (χ0) is 10.2. The third-order valence-corrected chi connectivity index (χ3v) is 3.61. The van der Waals surface area contributed by atoms with E-state index in [1.165, 1.54) is 0 Å². The van der Waals surface area contributed by atoms with Gasteiger partial charge < -0.3 is 5.32 Å². The highest BCUT2D eigenvalue weighted by molar-refractivity contribution is 6.42. The molecule has 0 spiro atoms. The fraction of sp³-hybridized carbons (Fsp3) is 0.455. The van der Waals surface area contributed by atoms with Gasteiger partial charge in [-0.2, -0.15) is 0 Å². The first-order chi connectivity index (χ1) is 6.61. The van der Waals surface area contributed by atoms with Crippen molar-refractivity contribution in [3.63, 3.8) is 0 Å². The third kappa shape index (κ3) is 1.90. The molecule has 3 heteroatoms. The maximum Gasteiger partial charge on any atom is 0.0624 e. The Morgan fingerprint density at radius 3 is 2.64 bits per heavy atom. The van der Waals surface area contributed by atoms with Crippen LogP contribution in [0.15, 0.2) is 18.2 Å².